The lowest BCUT2D eigenvalue weighted by atomic mass is 9.95. The zero-order valence-corrected chi connectivity index (χ0v) is 27.5. The molecule has 0 unspecified atom stereocenters. The largest absolute Gasteiger partial charge is 0.455 e. The van der Waals surface area contributed by atoms with E-state index in [1.54, 1.807) is 0 Å². The van der Waals surface area contributed by atoms with Crippen LogP contribution in [0.25, 0.3) is 109 Å². The van der Waals surface area contributed by atoms with Crippen molar-refractivity contribution in [2.24, 2.45) is 0 Å². The fourth-order valence-corrected chi connectivity index (χ4v) is 8.95. The van der Waals surface area contributed by atoms with E-state index < -0.39 is 0 Å². The molecule has 0 aliphatic carbocycles. The lowest BCUT2D eigenvalue weighted by Crippen LogP contribution is -1.97. The van der Waals surface area contributed by atoms with Crippen LogP contribution in [0, 0.1) is 0 Å². The molecule has 0 bridgehead atoms. The van der Waals surface area contributed by atoms with Crippen LogP contribution in [-0.2, 0) is 0 Å². The number of benzene rings is 9. The number of hydrogen-bond acceptors (Lipinski definition) is 1. The molecule has 236 valence electrons. The van der Waals surface area contributed by atoms with E-state index in [0.717, 1.165) is 38.5 Å². The van der Waals surface area contributed by atoms with Gasteiger partial charge < -0.3 is 13.6 Å². The third-order valence-electron chi connectivity index (χ3n) is 11.1. The molecule has 0 aliphatic rings. The Bertz CT molecular complexity index is 3410. The van der Waals surface area contributed by atoms with Gasteiger partial charge in [-0.3, -0.25) is 0 Å². The first-order valence-electron chi connectivity index (χ1n) is 17.5. The van der Waals surface area contributed by atoms with Crippen molar-refractivity contribution in [2.75, 3.05) is 0 Å². The molecule has 0 N–H and O–H groups in total. The van der Waals surface area contributed by atoms with Gasteiger partial charge in [0.15, 0.2) is 0 Å². The fourth-order valence-electron chi connectivity index (χ4n) is 8.95. The molecular weight excluding hydrogens is 621 g/mol. The molecule has 3 heterocycles. The highest BCUT2D eigenvalue weighted by atomic mass is 16.3. The molecule has 0 atom stereocenters. The Morgan fingerprint density at radius 1 is 0.353 bits per heavy atom. The zero-order chi connectivity index (χ0) is 33.2. The van der Waals surface area contributed by atoms with Crippen molar-refractivity contribution in [3.05, 3.63) is 170 Å². The zero-order valence-electron chi connectivity index (χ0n) is 27.5. The summed E-state index contributed by atoms with van der Waals surface area (Å²) in [7, 11) is 0. The maximum Gasteiger partial charge on any atom is 0.145 e. The molecule has 3 nitrogen and oxygen atoms in total. The van der Waals surface area contributed by atoms with E-state index in [1.165, 1.54) is 70.7 Å². The lowest BCUT2D eigenvalue weighted by Gasteiger charge is -2.15. The molecule has 9 aromatic carbocycles. The van der Waals surface area contributed by atoms with Gasteiger partial charge in [0.2, 0.25) is 0 Å². The fraction of sp³-hybridized carbons (Fsp3) is 0. The first kappa shape index (κ1) is 27.0. The number of fused-ring (bicyclic) bond motifs is 16. The first-order valence-corrected chi connectivity index (χ1v) is 17.5. The van der Waals surface area contributed by atoms with Crippen LogP contribution in [0.4, 0.5) is 0 Å². The van der Waals surface area contributed by atoms with Crippen molar-refractivity contribution >= 4 is 97.9 Å². The molecule has 0 saturated carbocycles. The summed E-state index contributed by atoms with van der Waals surface area (Å²) in [6.07, 6.45) is 0. The second-order valence-electron chi connectivity index (χ2n) is 13.6. The average Bonchev–Trinajstić information content (AvgIpc) is 3.85. The molecule has 3 heteroatoms. The Hall–Kier alpha value is -6.84. The Kier molecular flexibility index (Phi) is 5.23. The minimum Gasteiger partial charge on any atom is -0.455 e. The van der Waals surface area contributed by atoms with E-state index >= 15 is 0 Å². The van der Waals surface area contributed by atoms with E-state index in [9.17, 15) is 0 Å². The minimum absolute atomic E-state index is 0.911. The van der Waals surface area contributed by atoms with Crippen molar-refractivity contribution in [3.8, 4) is 11.4 Å². The van der Waals surface area contributed by atoms with E-state index in [2.05, 4.69) is 173 Å². The predicted molar refractivity (Wildman–Crippen MR) is 215 cm³/mol. The van der Waals surface area contributed by atoms with Crippen molar-refractivity contribution < 1.29 is 4.42 Å². The van der Waals surface area contributed by atoms with Crippen LogP contribution >= 0.6 is 0 Å². The number of rotatable bonds is 2. The molecule has 51 heavy (non-hydrogen) atoms. The molecule has 0 aliphatic heterocycles. The highest BCUT2D eigenvalue weighted by molar-refractivity contribution is 6.31. The van der Waals surface area contributed by atoms with Gasteiger partial charge in [0.1, 0.15) is 11.2 Å². The highest BCUT2D eigenvalue weighted by Gasteiger charge is 2.24. The van der Waals surface area contributed by atoms with Crippen LogP contribution in [0.15, 0.2) is 174 Å². The molecular formula is C48H28N2O. The molecule has 0 saturated heterocycles. The number of nitrogens with zero attached hydrogens (tertiary/aromatic N) is 2. The summed E-state index contributed by atoms with van der Waals surface area (Å²) in [5, 5.41) is 14.6. The maximum atomic E-state index is 6.70. The average molecular weight is 649 g/mol. The van der Waals surface area contributed by atoms with Gasteiger partial charge in [-0.1, -0.05) is 115 Å². The van der Waals surface area contributed by atoms with Crippen LogP contribution in [0.3, 0.4) is 0 Å². The topological polar surface area (TPSA) is 23.0 Å². The van der Waals surface area contributed by atoms with Gasteiger partial charge >= 0.3 is 0 Å². The van der Waals surface area contributed by atoms with Crippen LogP contribution < -0.4 is 0 Å². The van der Waals surface area contributed by atoms with E-state index in [4.69, 9.17) is 4.42 Å². The van der Waals surface area contributed by atoms with E-state index in [-0.39, 0.29) is 0 Å². The Labute approximate surface area is 291 Å². The number of para-hydroxylation sites is 3. The van der Waals surface area contributed by atoms with E-state index in [0.29, 0.717) is 0 Å². The Morgan fingerprint density at radius 2 is 0.980 bits per heavy atom. The Balaban J connectivity index is 1.31. The molecule has 0 amide bonds. The quantitative estimate of drug-likeness (QED) is 0.171. The number of hydrogen-bond donors (Lipinski definition) is 0. The highest BCUT2D eigenvalue weighted by Crippen LogP contribution is 2.46. The third kappa shape index (κ3) is 3.52. The summed E-state index contributed by atoms with van der Waals surface area (Å²) in [5.74, 6) is 0. The summed E-state index contributed by atoms with van der Waals surface area (Å²) >= 11 is 0. The third-order valence-corrected chi connectivity index (χ3v) is 11.1. The van der Waals surface area contributed by atoms with Gasteiger partial charge in [-0.15, -0.1) is 0 Å². The van der Waals surface area contributed by atoms with Gasteiger partial charge in [0, 0.05) is 38.0 Å². The monoisotopic (exact) mass is 648 g/mol. The summed E-state index contributed by atoms with van der Waals surface area (Å²) < 4.78 is 11.6. The van der Waals surface area contributed by atoms with E-state index in [1.807, 2.05) is 6.07 Å². The van der Waals surface area contributed by atoms with Crippen molar-refractivity contribution in [2.45, 2.75) is 0 Å². The summed E-state index contributed by atoms with van der Waals surface area (Å²) in [6.45, 7) is 0. The molecule has 0 radical (unpaired) electrons. The summed E-state index contributed by atoms with van der Waals surface area (Å²) in [6, 6.07) is 61.7. The molecule has 0 spiro atoms. The summed E-state index contributed by atoms with van der Waals surface area (Å²) in [4.78, 5) is 0. The normalized spacial score (nSPS) is 12.3. The molecule has 0 fully saturated rings. The van der Waals surface area contributed by atoms with Gasteiger partial charge in [-0.2, -0.15) is 0 Å². The van der Waals surface area contributed by atoms with Gasteiger partial charge in [0.25, 0.3) is 0 Å². The standard InChI is InChI=1S/C48H28N2O/c1-2-13-30(14-3-1)49-42-26-24-36-35-18-9-11-21-44(35)51-48(36)46(42)38-25-27-41-45(47(38)49)37-19-8-10-20-40(37)50(41)43-28-39-31-15-5-4-12-29(31)22-23-33(39)32-16-6-7-17-34(32)43/h1-28H. The minimum atomic E-state index is 0.911. The van der Waals surface area contributed by atoms with Gasteiger partial charge in [-0.05, 0) is 81.5 Å². The number of furan rings is 1. The smallest absolute Gasteiger partial charge is 0.145 e. The first-order chi connectivity index (χ1) is 25.3. The molecule has 12 rings (SSSR count). The van der Waals surface area contributed by atoms with Crippen molar-refractivity contribution in [3.63, 3.8) is 0 Å². The van der Waals surface area contributed by atoms with Gasteiger partial charge in [-0.25, -0.2) is 0 Å². The van der Waals surface area contributed by atoms with Crippen LogP contribution in [0.2, 0.25) is 0 Å². The maximum absolute atomic E-state index is 6.70. The van der Waals surface area contributed by atoms with Crippen molar-refractivity contribution in [1.29, 1.82) is 0 Å². The predicted octanol–water partition coefficient (Wildman–Crippen LogP) is 13.2. The molecule has 12 aromatic rings. The van der Waals surface area contributed by atoms with Crippen LogP contribution in [-0.4, -0.2) is 9.13 Å². The SMILES string of the molecule is c1ccc(-n2c3ccc4c5ccccc5oc4c3c3ccc4c(c5ccccc5n4-c4cc5c6ccccc6ccc5c5ccccc45)c32)cc1. The van der Waals surface area contributed by atoms with Crippen molar-refractivity contribution in [1.82, 2.24) is 9.13 Å². The Morgan fingerprint density at radius 3 is 1.84 bits per heavy atom. The van der Waals surface area contributed by atoms with Gasteiger partial charge in [0.05, 0.1) is 33.1 Å². The molecule has 3 aromatic heterocycles. The second-order valence-corrected chi connectivity index (χ2v) is 13.6. The summed E-state index contributed by atoms with van der Waals surface area (Å²) in [5.41, 5.74) is 8.83. The number of aromatic nitrogens is 2. The lowest BCUT2D eigenvalue weighted by molar-refractivity contribution is 0.673. The van der Waals surface area contributed by atoms with Crippen LogP contribution in [0.5, 0.6) is 0 Å². The second kappa shape index (κ2) is 9.87. The van der Waals surface area contributed by atoms with Crippen LogP contribution in [0.1, 0.15) is 0 Å².